The third kappa shape index (κ3) is 7.35. The first-order valence-corrected chi connectivity index (χ1v) is 11.3. The van der Waals surface area contributed by atoms with Crippen LogP contribution in [0.2, 0.25) is 0 Å². The van der Waals surface area contributed by atoms with Crippen LogP contribution in [0.1, 0.15) is 18.9 Å². The number of hydrogen-bond acceptors (Lipinski definition) is 7. The maximum atomic E-state index is 11.5. The summed E-state index contributed by atoms with van der Waals surface area (Å²) in [4.78, 5) is 20.4. The zero-order valence-electron chi connectivity index (χ0n) is 19.3. The van der Waals surface area contributed by atoms with Gasteiger partial charge >= 0.3 is 0 Å². The van der Waals surface area contributed by atoms with E-state index in [0.29, 0.717) is 18.0 Å². The summed E-state index contributed by atoms with van der Waals surface area (Å²) in [5.41, 5.74) is 1.14. The number of hydrogen-bond donors (Lipinski definition) is 1. The average Bonchev–Trinajstić information content (AvgIpc) is 2.96. The lowest BCUT2D eigenvalue weighted by Gasteiger charge is -2.34. The first-order chi connectivity index (χ1) is 14.9. The molecule has 2 saturated heterocycles. The van der Waals surface area contributed by atoms with Crippen LogP contribution in [0.15, 0.2) is 18.2 Å². The Hall–Kier alpha value is -1.87. The van der Waals surface area contributed by atoms with Crippen molar-refractivity contribution >= 4 is 5.91 Å². The number of aliphatic hydroxyl groups excluding tert-OH is 1. The molecule has 2 aliphatic heterocycles. The molecular formula is C23H38N4O4. The Bertz CT molecular complexity index is 709. The summed E-state index contributed by atoms with van der Waals surface area (Å²) in [6.07, 6.45) is 0.581. The maximum absolute atomic E-state index is 11.5. The fourth-order valence-electron chi connectivity index (χ4n) is 4.23. The largest absolute Gasteiger partial charge is 0.493 e. The summed E-state index contributed by atoms with van der Waals surface area (Å²) in [6.45, 7) is 10.7. The van der Waals surface area contributed by atoms with Crippen LogP contribution in [0.25, 0.3) is 0 Å². The average molecular weight is 435 g/mol. The number of methoxy groups -OCH3 is 1. The molecule has 3 rings (SSSR count). The standard InChI is InChI=1S/C23H38N4O4/c1-19(28)27-13-11-26(12-14-27)16-20-5-6-22(30-3)23(15-20)31-18-21(29)17-25-8-4-7-24(2)9-10-25/h5-6,15,21,29H,4,7-14,16-18H2,1-3H3. The molecular weight excluding hydrogens is 396 g/mol. The van der Waals surface area contributed by atoms with Gasteiger partial charge in [0.2, 0.25) is 5.91 Å². The summed E-state index contributed by atoms with van der Waals surface area (Å²) in [5, 5.41) is 10.5. The number of carbonyl (C=O) groups excluding carboxylic acids is 1. The minimum Gasteiger partial charge on any atom is -0.493 e. The molecule has 1 atom stereocenters. The lowest BCUT2D eigenvalue weighted by molar-refractivity contribution is -0.130. The Morgan fingerprint density at radius 1 is 1.03 bits per heavy atom. The molecule has 1 aromatic rings. The number of amides is 1. The SMILES string of the molecule is COc1ccc(CN2CCN(C(C)=O)CC2)cc1OCC(O)CN1CCCN(C)CC1. The van der Waals surface area contributed by atoms with E-state index in [1.807, 2.05) is 23.1 Å². The first-order valence-electron chi connectivity index (χ1n) is 11.3. The molecule has 1 N–H and O–H groups in total. The molecule has 1 unspecified atom stereocenters. The van der Waals surface area contributed by atoms with Crippen LogP contribution in [0.5, 0.6) is 11.5 Å². The van der Waals surface area contributed by atoms with Gasteiger partial charge in [0.25, 0.3) is 0 Å². The highest BCUT2D eigenvalue weighted by atomic mass is 16.5. The van der Waals surface area contributed by atoms with Crippen molar-refractivity contribution in [1.82, 2.24) is 19.6 Å². The number of aliphatic hydroxyl groups is 1. The molecule has 1 amide bonds. The summed E-state index contributed by atoms with van der Waals surface area (Å²) in [7, 11) is 3.78. The number of nitrogens with zero attached hydrogens (tertiary/aromatic N) is 4. The Kier molecular flexibility index (Phi) is 8.95. The van der Waals surface area contributed by atoms with Crippen molar-refractivity contribution in [2.24, 2.45) is 0 Å². The van der Waals surface area contributed by atoms with Crippen LogP contribution < -0.4 is 9.47 Å². The van der Waals surface area contributed by atoms with Gasteiger partial charge in [0.15, 0.2) is 11.5 Å². The van der Waals surface area contributed by atoms with Gasteiger partial charge in [0.1, 0.15) is 12.7 Å². The Morgan fingerprint density at radius 3 is 2.48 bits per heavy atom. The second-order valence-corrected chi connectivity index (χ2v) is 8.69. The van der Waals surface area contributed by atoms with Crippen molar-refractivity contribution in [2.45, 2.75) is 26.0 Å². The first kappa shape index (κ1) is 23.8. The van der Waals surface area contributed by atoms with Crippen molar-refractivity contribution < 1.29 is 19.4 Å². The molecule has 0 aromatic heterocycles. The van der Waals surface area contributed by atoms with Crippen LogP contribution in [0.3, 0.4) is 0 Å². The van der Waals surface area contributed by atoms with Crippen molar-refractivity contribution in [2.75, 3.05) is 79.7 Å². The predicted molar refractivity (Wildman–Crippen MR) is 121 cm³/mol. The summed E-state index contributed by atoms with van der Waals surface area (Å²) in [6, 6.07) is 5.98. The smallest absolute Gasteiger partial charge is 0.219 e. The molecule has 0 aliphatic carbocycles. The van der Waals surface area contributed by atoms with E-state index in [2.05, 4.69) is 21.7 Å². The highest BCUT2D eigenvalue weighted by Gasteiger charge is 2.20. The number of carbonyl (C=O) groups is 1. The number of β-amino-alcohol motifs (C(OH)–C–C–N with tert-alkyl or cyclic N) is 1. The van der Waals surface area contributed by atoms with Gasteiger partial charge in [-0.15, -0.1) is 0 Å². The molecule has 0 spiro atoms. The van der Waals surface area contributed by atoms with Crippen molar-refractivity contribution in [3.05, 3.63) is 23.8 Å². The third-order valence-corrected chi connectivity index (χ3v) is 6.16. The van der Waals surface area contributed by atoms with Gasteiger partial charge in [-0.3, -0.25) is 14.6 Å². The van der Waals surface area contributed by atoms with Crippen LogP contribution in [-0.2, 0) is 11.3 Å². The summed E-state index contributed by atoms with van der Waals surface area (Å²) in [5.74, 6) is 1.48. The molecule has 2 heterocycles. The van der Waals surface area contributed by atoms with Gasteiger partial charge in [0.05, 0.1) is 7.11 Å². The second-order valence-electron chi connectivity index (χ2n) is 8.69. The molecule has 8 nitrogen and oxygen atoms in total. The van der Waals surface area contributed by atoms with E-state index in [1.54, 1.807) is 14.0 Å². The van der Waals surface area contributed by atoms with Crippen molar-refractivity contribution in [1.29, 1.82) is 0 Å². The monoisotopic (exact) mass is 434 g/mol. The van der Waals surface area contributed by atoms with Crippen molar-refractivity contribution in [3.63, 3.8) is 0 Å². The van der Waals surface area contributed by atoms with E-state index in [9.17, 15) is 9.90 Å². The van der Waals surface area contributed by atoms with Crippen molar-refractivity contribution in [3.8, 4) is 11.5 Å². The highest BCUT2D eigenvalue weighted by Crippen LogP contribution is 2.29. The van der Waals surface area contributed by atoms with Gasteiger partial charge in [0, 0.05) is 59.3 Å². The Morgan fingerprint density at radius 2 is 1.77 bits per heavy atom. The van der Waals surface area contributed by atoms with E-state index in [-0.39, 0.29) is 12.5 Å². The minimum absolute atomic E-state index is 0.144. The fraction of sp³-hybridized carbons (Fsp3) is 0.696. The molecule has 31 heavy (non-hydrogen) atoms. The number of likely N-dealkylation sites (N-methyl/N-ethyl adjacent to an activating group) is 1. The van der Waals surface area contributed by atoms with E-state index < -0.39 is 6.10 Å². The normalized spacial score (nSPS) is 20.3. The number of rotatable bonds is 8. The maximum Gasteiger partial charge on any atom is 0.219 e. The van der Waals surface area contributed by atoms with Gasteiger partial charge in [-0.1, -0.05) is 6.07 Å². The summed E-state index contributed by atoms with van der Waals surface area (Å²) < 4.78 is 11.4. The Labute approximate surface area is 186 Å². The lowest BCUT2D eigenvalue weighted by atomic mass is 10.1. The fourth-order valence-corrected chi connectivity index (χ4v) is 4.23. The van der Waals surface area contributed by atoms with Gasteiger partial charge in [-0.25, -0.2) is 0 Å². The highest BCUT2D eigenvalue weighted by molar-refractivity contribution is 5.73. The van der Waals surface area contributed by atoms with Crippen LogP contribution in [0, 0.1) is 0 Å². The lowest BCUT2D eigenvalue weighted by Crippen LogP contribution is -2.47. The molecule has 2 aliphatic rings. The second kappa shape index (κ2) is 11.7. The van der Waals surface area contributed by atoms with Crippen LogP contribution >= 0.6 is 0 Å². The quantitative estimate of drug-likeness (QED) is 0.647. The molecule has 0 bridgehead atoms. The molecule has 0 saturated carbocycles. The minimum atomic E-state index is -0.545. The van der Waals surface area contributed by atoms with E-state index in [0.717, 1.165) is 70.9 Å². The van der Waals surface area contributed by atoms with Gasteiger partial charge in [-0.05, 0) is 44.3 Å². The van der Waals surface area contributed by atoms with E-state index in [1.165, 1.54) is 0 Å². The summed E-state index contributed by atoms with van der Waals surface area (Å²) >= 11 is 0. The molecule has 2 fully saturated rings. The molecule has 0 radical (unpaired) electrons. The predicted octanol–water partition coefficient (Wildman–Crippen LogP) is 0.737. The number of ether oxygens (including phenoxy) is 2. The Balaban J connectivity index is 1.51. The molecule has 8 heteroatoms. The van der Waals surface area contributed by atoms with Gasteiger partial charge < -0.3 is 24.4 Å². The number of piperazine rings is 1. The van der Waals surface area contributed by atoms with E-state index >= 15 is 0 Å². The molecule has 174 valence electrons. The van der Waals surface area contributed by atoms with E-state index in [4.69, 9.17) is 9.47 Å². The third-order valence-electron chi connectivity index (χ3n) is 6.16. The van der Waals surface area contributed by atoms with Gasteiger partial charge in [-0.2, -0.15) is 0 Å². The zero-order chi connectivity index (χ0) is 22.2. The molecule has 1 aromatic carbocycles. The zero-order valence-corrected chi connectivity index (χ0v) is 19.3. The topological polar surface area (TPSA) is 68.7 Å². The number of benzene rings is 1. The van der Waals surface area contributed by atoms with Crippen LogP contribution in [-0.4, -0.2) is 116 Å². The van der Waals surface area contributed by atoms with Crippen LogP contribution in [0.4, 0.5) is 0 Å².